The lowest BCUT2D eigenvalue weighted by atomic mass is 9.94. The Hall–Kier alpha value is -2.92. The summed E-state index contributed by atoms with van der Waals surface area (Å²) in [5, 5.41) is 22.5. The first-order valence-corrected chi connectivity index (χ1v) is 8.94. The van der Waals surface area contributed by atoms with Crippen LogP contribution in [0.15, 0.2) is 71.2 Å². The van der Waals surface area contributed by atoms with E-state index in [0.717, 1.165) is 5.39 Å². The highest BCUT2D eigenvalue weighted by Gasteiger charge is 2.20. The van der Waals surface area contributed by atoms with Crippen molar-refractivity contribution in [2.45, 2.75) is 0 Å². The van der Waals surface area contributed by atoms with Crippen molar-refractivity contribution in [1.82, 2.24) is 0 Å². The average Bonchev–Trinajstić information content (AvgIpc) is 2.67. The summed E-state index contributed by atoms with van der Waals surface area (Å²) >= 11 is 3.26. The molecule has 0 amide bonds. The maximum atomic E-state index is 14.6. The number of halogens is 3. The van der Waals surface area contributed by atoms with Gasteiger partial charge in [0.15, 0.2) is 11.5 Å². The molecule has 0 spiro atoms. The Morgan fingerprint density at radius 2 is 1.33 bits per heavy atom. The van der Waals surface area contributed by atoms with Gasteiger partial charge in [0.05, 0.1) is 0 Å². The summed E-state index contributed by atoms with van der Waals surface area (Å²) in [6.07, 6.45) is 0. The van der Waals surface area contributed by atoms with Crippen LogP contribution in [0, 0.1) is 11.6 Å². The normalized spacial score (nSPS) is 11.1. The van der Waals surface area contributed by atoms with Crippen molar-refractivity contribution in [2.24, 2.45) is 0 Å². The van der Waals surface area contributed by atoms with E-state index < -0.39 is 23.1 Å². The molecule has 0 aliphatic rings. The SMILES string of the molecule is Oc1c(-c2cc(Br)ccc2F)ccc(-c2c(F)ccc3ccccc23)c1O. The molecule has 0 aromatic heterocycles. The summed E-state index contributed by atoms with van der Waals surface area (Å²) < 4.78 is 29.4. The Morgan fingerprint density at radius 3 is 2.15 bits per heavy atom. The summed E-state index contributed by atoms with van der Waals surface area (Å²) in [5.41, 5.74) is 0.570. The van der Waals surface area contributed by atoms with Crippen LogP contribution in [0.4, 0.5) is 8.78 Å². The highest BCUT2D eigenvalue weighted by Crippen LogP contribution is 2.46. The lowest BCUT2D eigenvalue weighted by molar-refractivity contribution is 0.406. The Balaban J connectivity index is 1.97. The molecule has 0 unspecified atom stereocenters. The number of rotatable bonds is 2. The van der Waals surface area contributed by atoms with Crippen LogP contribution in [0.2, 0.25) is 0 Å². The first-order chi connectivity index (χ1) is 13.0. The molecule has 0 saturated heterocycles. The van der Waals surface area contributed by atoms with Crippen LogP contribution in [0.3, 0.4) is 0 Å². The number of phenolic OH excluding ortho intramolecular Hbond substituents is 2. The van der Waals surface area contributed by atoms with Crippen molar-refractivity contribution in [1.29, 1.82) is 0 Å². The molecule has 134 valence electrons. The molecule has 4 aromatic carbocycles. The Labute approximate surface area is 162 Å². The quantitative estimate of drug-likeness (QED) is 0.353. The Bertz CT molecular complexity index is 1190. The molecule has 27 heavy (non-hydrogen) atoms. The predicted octanol–water partition coefficient (Wildman–Crippen LogP) is 6.63. The molecule has 0 radical (unpaired) electrons. The summed E-state index contributed by atoms with van der Waals surface area (Å²) in [4.78, 5) is 0. The molecule has 0 aliphatic heterocycles. The predicted molar refractivity (Wildman–Crippen MR) is 106 cm³/mol. The number of phenols is 2. The van der Waals surface area contributed by atoms with Gasteiger partial charge in [-0.15, -0.1) is 0 Å². The maximum Gasteiger partial charge on any atom is 0.166 e. The number of aromatic hydroxyl groups is 2. The highest BCUT2D eigenvalue weighted by atomic mass is 79.9. The van der Waals surface area contributed by atoms with Crippen LogP contribution in [-0.4, -0.2) is 10.2 Å². The fraction of sp³-hybridized carbons (Fsp3) is 0. The summed E-state index contributed by atoms with van der Waals surface area (Å²) in [7, 11) is 0. The van der Waals surface area contributed by atoms with Crippen molar-refractivity contribution < 1.29 is 19.0 Å². The molecule has 2 N–H and O–H groups in total. The lowest BCUT2D eigenvalue weighted by Gasteiger charge is -2.14. The molecule has 4 aromatic rings. The molecular formula is C22H13BrF2O2. The smallest absolute Gasteiger partial charge is 0.166 e. The highest BCUT2D eigenvalue weighted by molar-refractivity contribution is 9.10. The van der Waals surface area contributed by atoms with E-state index in [0.29, 0.717) is 9.86 Å². The first kappa shape index (κ1) is 17.5. The summed E-state index contributed by atoms with van der Waals surface area (Å²) in [5.74, 6) is -2.07. The summed E-state index contributed by atoms with van der Waals surface area (Å²) in [6.45, 7) is 0. The second kappa shape index (κ2) is 6.67. The minimum atomic E-state index is -0.544. The Morgan fingerprint density at radius 1 is 0.667 bits per heavy atom. The third kappa shape index (κ3) is 2.94. The van der Waals surface area contributed by atoms with Gasteiger partial charge in [0.25, 0.3) is 0 Å². The number of benzene rings is 4. The van der Waals surface area contributed by atoms with E-state index in [-0.39, 0.29) is 22.3 Å². The van der Waals surface area contributed by atoms with E-state index in [2.05, 4.69) is 15.9 Å². The molecule has 5 heteroatoms. The van der Waals surface area contributed by atoms with Crippen molar-refractivity contribution in [3.63, 3.8) is 0 Å². The summed E-state index contributed by atoms with van der Waals surface area (Å²) in [6, 6.07) is 17.4. The molecule has 0 aliphatic carbocycles. The molecule has 4 rings (SSSR count). The monoisotopic (exact) mass is 426 g/mol. The third-order valence-electron chi connectivity index (χ3n) is 4.52. The minimum Gasteiger partial charge on any atom is -0.504 e. The molecular weight excluding hydrogens is 414 g/mol. The first-order valence-electron chi connectivity index (χ1n) is 8.15. The van der Waals surface area contributed by atoms with Crippen molar-refractivity contribution in [3.8, 4) is 33.8 Å². The zero-order chi connectivity index (χ0) is 19.1. The van der Waals surface area contributed by atoms with Crippen LogP contribution in [-0.2, 0) is 0 Å². The van der Waals surface area contributed by atoms with E-state index in [1.807, 2.05) is 12.1 Å². The van der Waals surface area contributed by atoms with E-state index in [1.165, 1.54) is 36.4 Å². The number of fused-ring (bicyclic) bond motifs is 1. The van der Waals surface area contributed by atoms with Crippen LogP contribution >= 0.6 is 15.9 Å². The van der Waals surface area contributed by atoms with E-state index in [9.17, 15) is 19.0 Å². The van der Waals surface area contributed by atoms with Crippen molar-refractivity contribution in [3.05, 3.63) is 82.8 Å². The maximum absolute atomic E-state index is 14.6. The van der Waals surface area contributed by atoms with Gasteiger partial charge in [-0.3, -0.25) is 0 Å². The minimum absolute atomic E-state index is 0.121. The molecule has 0 saturated carbocycles. The van der Waals surface area contributed by atoms with E-state index in [4.69, 9.17) is 0 Å². The molecule has 0 fully saturated rings. The van der Waals surface area contributed by atoms with Gasteiger partial charge in [-0.25, -0.2) is 8.78 Å². The van der Waals surface area contributed by atoms with Crippen molar-refractivity contribution >= 4 is 26.7 Å². The van der Waals surface area contributed by atoms with Crippen LogP contribution in [0.25, 0.3) is 33.0 Å². The van der Waals surface area contributed by atoms with Gasteiger partial charge < -0.3 is 10.2 Å². The van der Waals surface area contributed by atoms with E-state index >= 15 is 0 Å². The van der Waals surface area contributed by atoms with Gasteiger partial charge in [-0.2, -0.15) is 0 Å². The molecule has 2 nitrogen and oxygen atoms in total. The zero-order valence-electron chi connectivity index (χ0n) is 13.9. The van der Waals surface area contributed by atoms with Gasteiger partial charge in [0, 0.05) is 26.7 Å². The van der Waals surface area contributed by atoms with Crippen LogP contribution < -0.4 is 0 Å². The van der Waals surface area contributed by atoms with Gasteiger partial charge in [0.2, 0.25) is 0 Å². The van der Waals surface area contributed by atoms with Gasteiger partial charge in [-0.1, -0.05) is 46.3 Å². The molecule has 0 heterocycles. The number of hydrogen-bond acceptors (Lipinski definition) is 2. The largest absolute Gasteiger partial charge is 0.504 e. The number of hydrogen-bond donors (Lipinski definition) is 2. The fourth-order valence-electron chi connectivity index (χ4n) is 3.22. The fourth-order valence-corrected chi connectivity index (χ4v) is 3.58. The van der Waals surface area contributed by atoms with Crippen molar-refractivity contribution in [2.75, 3.05) is 0 Å². The second-order valence-corrected chi connectivity index (χ2v) is 7.04. The Kier molecular flexibility index (Phi) is 4.32. The van der Waals surface area contributed by atoms with Crippen LogP contribution in [0.5, 0.6) is 11.5 Å². The zero-order valence-corrected chi connectivity index (χ0v) is 15.5. The van der Waals surface area contributed by atoms with Gasteiger partial charge in [0.1, 0.15) is 11.6 Å². The third-order valence-corrected chi connectivity index (χ3v) is 5.01. The molecule has 0 atom stereocenters. The van der Waals surface area contributed by atoms with Crippen LogP contribution in [0.1, 0.15) is 0 Å². The lowest BCUT2D eigenvalue weighted by Crippen LogP contribution is -1.91. The topological polar surface area (TPSA) is 40.5 Å². The second-order valence-electron chi connectivity index (χ2n) is 6.13. The van der Waals surface area contributed by atoms with E-state index in [1.54, 1.807) is 18.2 Å². The van der Waals surface area contributed by atoms with Gasteiger partial charge in [-0.05, 0) is 47.2 Å². The van der Waals surface area contributed by atoms with Gasteiger partial charge >= 0.3 is 0 Å². The standard InChI is InChI=1S/C22H13BrF2O2/c23-13-6-10-18(24)17(11-13)15-7-8-16(22(27)21(15)26)20-14-4-2-1-3-12(14)5-9-19(20)25/h1-11,26-27H. The average molecular weight is 427 g/mol. The molecule has 0 bridgehead atoms.